The van der Waals surface area contributed by atoms with E-state index in [1.54, 1.807) is 5.32 Å². The molecule has 5 nitrogen and oxygen atoms in total. The lowest BCUT2D eigenvalue weighted by molar-refractivity contribution is -0.156. The highest BCUT2D eigenvalue weighted by atomic mass is 32.1. The molecule has 0 spiro atoms. The summed E-state index contributed by atoms with van der Waals surface area (Å²) in [5, 5.41) is 3.94. The van der Waals surface area contributed by atoms with E-state index in [-0.39, 0.29) is 27.7 Å². The fraction of sp³-hybridized carbons (Fsp3) is 0.235. The molecule has 3 aromatic rings. The van der Waals surface area contributed by atoms with Gasteiger partial charge in [0, 0.05) is 11.6 Å². The molecule has 13 heteroatoms. The fourth-order valence-corrected chi connectivity index (χ4v) is 3.12. The Morgan fingerprint density at radius 2 is 1.80 bits per heavy atom. The lowest BCUT2D eigenvalue weighted by atomic mass is 10.1. The van der Waals surface area contributed by atoms with E-state index in [2.05, 4.69) is 10.1 Å². The minimum atomic E-state index is -4.73. The van der Waals surface area contributed by atoms with Crippen molar-refractivity contribution < 1.29 is 35.5 Å². The topological polar surface area (TPSA) is 59.3 Å². The Morgan fingerprint density at radius 3 is 2.37 bits per heavy atom. The molecular formula is C17H11F7N4OS. The van der Waals surface area contributed by atoms with Gasteiger partial charge in [-0.25, -0.2) is 13.9 Å². The van der Waals surface area contributed by atoms with Gasteiger partial charge in [0.25, 0.3) is 0 Å². The fourth-order valence-electron chi connectivity index (χ4n) is 2.35. The maximum atomic E-state index is 13.2. The number of hydrogen-bond acceptors (Lipinski definition) is 4. The molecule has 1 atom stereocenters. The third-order valence-electron chi connectivity index (χ3n) is 3.84. The van der Waals surface area contributed by atoms with Crippen molar-refractivity contribution in [3.63, 3.8) is 0 Å². The minimum Gasteiger partial charge on any atom is -0.341 e. The summed E-state index contributed by atoms with van der Waals surface area (Å²) in [6, 6.07) is 2.70. The number of carbonyl (C=O) groups is 1. The molecule has 160 valence electrons. The van der Waals surface area contributed by atoms with Crippen molar-refractivity contribution in [1.82, 2.24) is 19.9 Å². The number of nitrogens with one attached hydrogen (secondary N) is 1. The molecule has 0 bridgehead atoms. The summed E-state index contributed by atoms with van der Waals surface area (Å²) in [6.45, 7) is 0.739. The first kappa shape index (κ1) is 21.7. The average molecular weight is 452 g/mol. The second-order valence-corrected chi connectivity index (χ2v) is 7.01. The van der Waals surface area contributed by atoms with Crippen LogP contribution in [0.1, 0.15) is 17.6 Å². The molecule has 1 aromatic carbocycles. The molecule has 1 N–H and O–H groups in total. The zero-order valence-corrected chi connectivity index (χ0v) is 15.7. The summed E-state index contributed by atoms with van der Waals surface area (Å²) < 4.78 is 90.5. The number of aromatic nitrogens is 3. The van der Waals surface area contributed by atoms with Crippen molar-refractivity contribution in [2.45, 2.75) is 25.3 Å². The molecule has 0 fully saturated rings. The van der Waals surface area contributed by atoms with Gasteiger partial charge in [0.1, 0.15) is 11.9 Å². The first-order valence-corrected chi connectivity index (χ1v) is 8.96. The van der Waals surface area contributed by atoms with Crippen LogP contribution in [-0.4, -0.2) is 32.7 Å². The van der Waals surface area contributed by atoms with E-state index in [9.17, 15) is 35.5 Å². The Balaban J connectivity index is 2.03. The largest absolute Gasteiger partial charge is 0.445 e. The van der Waals surface area contributed by atoms with Gasteiger partial charge in [0.15, 0.2) is 0 Å². The van der Waals surface area contributed by atoms with Crippen LogP contribution in [0.3, 0.4) is 0 Å². The van der Waals surface area contributed by atoms with Crippen LogP contribution < -0.4 is 5.32 Å². The van der Waals surface area contributed by atoms with Crippen molar-refractivity contribution in [3.8, 4) is 11.3 Å². The van der Waals surface area contributed by atoms with E-state index in [0.29, 0.717) is 5.56 Å². The highest BCUT2D eigenvalue weighted by Gasteiger charge is 2.37. The van der Waals surface area contributed by atoms with Crippen LogP contribution in [0, 0.1) is 5.82 Å². The van der Waals surface area contributed by atoms with Crippen molar-refractivity contribution in [2.24, 2.45) is 0 Å². The van der Waals surface area contributed by atoms with E-state index in [0.717, 1.165) is 35.7 Å². The van der Waals surface area contributed by atoms with Crippen LogP contribution in [0.15, 0.2) is 30.3 Å². The SMILES string of the molecule is CC(NC(=O)/C=C/c1c(-c2ccc(F)cc2)nc2sc(C(F)(F)F)nn12)C(F)(F)F. The third kappa shape index (κ3) is 4.61. The maximum absolute atomic E-state index is 13.2. The number of imidazole rings is 1. The summed E-state index contributed by atoms with van der Waals surface area (Å²) in [5.41, 5.74) is 0.306. The minimum absolute atomic E-state index is 0.0791. The van der Waals surface area contributed by atoms with Gasteiger partial charge in [-0.1, -0.05) is 11.3 Å². The predicted octanol–water partition coefficient (Wildman–Crippen LogP) is 4.70. The highest BCUT2D eigenvalue weighted by Crippen LogP contribution is 2.35. The van der Waals surface area contributed by atoms with Crippen LogP contribution >= 0.6 is 11.3 Å². The molecule has 2 heterocycles. The molecule has 1 unspecified atom stereocenters. The number of hydrogen-bond donors (Lipinski definition) is 1. The van der Waals surface area contributed by atoms with Gasteiger partial charge in [-0.3, -0.25) is 4.79 Å². The van der Waals surface area contributed by atoms with E-state index in [1.165, 1.54) is 12.1 Å². The molecule has 2 aromatic heterocycles. The molecular weight excluding hydrogens is 441 g/mol. The molecule has 3 rings (SSSR count). The Morgan fingerprint density at radius 1 is 1.17 bits per heavy atom. The van der Waals surface area contributed by atoms with Crippen LogP contribution in [0.4, 0.5) is 30.7 Å². The summed E-state index contributed by atoms with van der Waals surface area (Å²) in [5.74, 6) is -1.68. The van der Waals surface area contributed by atoms with Gasteiger partial charge in [-0.05, 0) is 37.3 Å². The van der Waals surface area contributed by atoms with Gasteiger partial charge < -0.3 is 5.32 Å². The second-order valence-electron chi connectivity index (χ2n) is 6.06. The van der Waals surface area contributed by atoms with Gasteiger partial charge in [0.2, 0.25) is 15.9 Å². The first-order chi connectivity index (χ1) is 13.9. The lowest BCUT2D eigenvalue weighted by Gasteiger charge is -2.15. The standard InChI is InChI=1S/C17H11F7N4OS/c1-8(16(19,20)21)25-12(29)7-6-11-13(9-2-4-10(18)5-3-9)26-15-28(11)27-14(30-15)17(22,23)24/h2-8H,1H3,(H,25,29)/b7-6+. The lowest BCUT2D eigenvalue weighted by Crippen LogP contribution is -2.42. The molecule has 1 amide bonds. The van der Waals surface area contributed by atoms with Crippen LogP contribution in [0.25, 0.3) is 22.3 Å². The van der Waals surface area contributed by atoms with Crippen LogP contribution in [-0.2, 0) is 11.0 Å². The van der Waals surface area contributed by atoms with Crippen molar-refractivity contribution >= 4 is 28.3 Å². The average Bonchev–Trinajstić information content (AvgIpc) is 3.18. The van der Waals surface area contributed by atoms with Gasteiger partial charge in [0.05, 0.1) is 11.4 Å². The van der Waals surface area contributed by atoms with Gasteiger partial charge in [-0.2, -0.15) is 26.3 Å². The molecule has 0 saturated carbocycles. The second kappa shape index (κ2) is 7.70. The number of nitrogens with zero attached hydrogens (tertiary/aromatic N) is 3. The Bertz CT molecular complexity index is 1100. The van der Waals surface area contributed by atoms with Crippen molar-refractivity contribution in [1.29, 1.82) is 0 Å². The number of halogens is 7. The zero-order valence-electron chi connectivity index (χ0n) is 14.8. The number of alkyl halides is 6. The third-order valence-corrected chi connectivity index (χ3v) is 4.79. The molecule has 0 saturated heterocycles. The quantitative estimate of drug-likeness (QED) is 0.462. The Hall–Kier alpha value is -2.96. The Labute approximate surface area is 167 Å². The van der Waals surface area contributed by atoms with E-state index in [4.69, 9.17) is 0 Å². The molecule has 0 aliphatic heterocycles. The normalized spacial score (nSPS) is 13.9. The van der Waals surface area contributed by atoms with E-state index in [1.807, 2.05) is 0 Å². The van der Waals surface area contributed by atoms with E-state index < -0.39 is 35.1 Å². The number of carbonyl (C=O) groups excluding carboxylic acids is 1. The maximum Gasteiger partial charge on any atom is 0.445 e. The highest BCUT2D eigenvalue weighted by molar-refractivity contribution is 7.16. The number of fused-ring (bicyclic) bond motifs is 1. The first-order valence-electron chi connectivity index (χ1n) is 8.14. The van der Waals surface area contributed by atoms with Gasteiger partial charge >= 0.3 is 12.4 Å². The summed E-state index contributed by atoms with van der Waals surface area (Å²) in [6.07, 6.45) is -7.67. The molecule has 30 heavy (non-hydrogen) atoms. The molecule has 0 radical (unpaired) electrons. The van der Waals surface area contributed by atoms with Crippen LogP contribution in [0.2, 0.25) is 0 Å². The smallest absolute Gasteiger partial charge is 0.341 e. The summed E-state index contributed by atoms with van der Waals surface area (Å²) in [7, 11) is 0. The zero-order chi connectivity index (χ0) is 22.3. The number of amides is 1. The number of rotatable bonds is 4. The monoisotopic (exact) mass is 452 g/mol. The van der Waals surface area contributed by atoms with E-state index >= 15 is 0 Å². The van der Waals surface area contributed by atoms with Crippen LogP contribution in [0.5, 0.6) is 0 Å². The van der Waals surface area contributed by atoms with Crippen molar-refractivity contribution in [3.05, 3.63) is 46.9 Å². The molecule has 0 aliphatic carbocycles. The number of benzene rings is 1. The Kier molecular flexibility index (Phi) is 5.58. The summed E-state index contributed by atoms with van der Waals surface area (Å²) >= 11 is 0.244. The predicted molar refractivity (Wildman–Crippen MR) is 94.0 cm³/mol. The summed E-state index contributed by atoms with van der Waals surface area (Å²) in [4.78, 5) is 15.7. The van der Waals surface area contributed by atoms with Gasteiger partial charge in [-0.15, -0.1) is 5.10 Å². The van der Waals surface area contributed by atoms with Crippen molar-refractivity contribution in [2.75, 3.05) is 0 Å². The molecule has 0 aliphatic rings.